The Morgan fingerprint density at radius 2 is 1.93 bits per heavy atom. The van der Waals surface area contributed by atoms with Gasteiger partial charge in [0.15, 0.2) is 0 Å². The Balaban J connectivity index is 1.74. The highest BCUT2D eigenvalue weighted by Crippen LogP contribution is 2.41. The smallest absolute Gasteiger partial charge is 0.351 e. The van der Waals surface area contributed by atoms with Crippen LogP contribution in [0.5, 0.6) is 0 Å². The van der Waals surface area contributed by atoms with Crippen molar-refractivity contribution in [2.45, 2.75) is 31.7 Å². The molecule has 8 heteroatoms. The molecule has 1 fully saturated rings. The molecule has 2 aromatic rings. The van der Waals surface area contributed by atoms with E-state index in [1.165, 1.54) is 11.9 Å². The number of benzene rings is 1. The lowest BCUT2D eigenvalue weighted by Gasteiger charge is -2.36. The maximum Gasteiger partial charge on any atom is 0.353 e. The lowest BCUT2D eigenvalue weighted by Crippen LogP contribution is -2.42. The molecule has 2 aliphatic rings. The average Bonchev–Trinajstić information content (AvgIpc) is 2.72. The van der Waals surface area contributed by atoms with Crippen LogP contribution >= 0.6 is 0 Å². The first-order valence-corrected chi connectivity index (χ1v) is 9.82. The summed E-state index contributed by atoms with van der Waals surface area (Å²) in [6.07, 6.45) is 5.32. The van der Waals surface area contributed by atoms with Crippen LogP contribution in [0.4, 0.5) is 23.0 Å². The Morgan fingerprint density at radius 1 is 1.18 bits per heavy atom. The zero-order valence-corrected chi connectivity index (χ0v) is 16.4. The van der Waals surface area contributed by atoms with Crippen LogP contribution in [0.3, 0.4) is 0 Å². The molecule has 1 aromatic heterocycles. The quantitative estimate of drug-likeness (QED) is 0.594. The molecular weight excluding hydrogens is 356 g/mol. The van der Waals surface area contributed by atoms with E-state index < -0.39 is 0 Å². The third-order valence-corrected chi connectivity index (χ3v) is 5.90. The molecule has 4 rings (SSSR count). The van der Waals surface area contributed by atoms with Crippen LogP contribution in [0.15, 0.2) is 30.6 Å². The number of para-hydroxylation sites is 1. The van der Waals surface area contributed by atoms with Gasteiger partial charge in [-0.3, -0.25) is 10.1 Å². The van der Waals surface area contributed by atoms with Crippen LogP contribution in [0, 0.1) is 10.1 Å². The van der Waals surface area contributed by atoms with E-state index in [0.29, 0.717) is 18.2 Å². The third kappa shape index (κ3) is 3.40. The van der Waals surface area contributed by atoms with Crippen molar-refractivity contribution in [3.63, 3.8) is 0 Å². The van der Waals surface area contributed by atoms with E-state index in [4.69, 9.17) is 0 Å². The molecule has 2 aliphatic heterocycles. The highest BCUT2D eigenvalue weighted by Gasteiger charge is 2.33. The van der Waals surface area contributed by atoms with E-state index in [-0.39, 0.29) is 16.7 Å². The maximum atomic E-state index is 12.1. The van der Waals surface area contributed by atoms with Gasteiger partial charge in [-0.05, 0) is 57.5 Å². The molecule has 0 aliphatic carbocycles. The number of piperidine rings is 1. The molecule has 0 bridgehead atoms. The normalized spacial score (nSPS) is 18.0. The average molecular weight is 382 g/mol. The predicted octanol–water partition coefficient (Wildman–Crippen LogP) is 3.00. The summed E-state index contributed by atoms with van der Waals surface area (Å²) in [5.41, 5.74) is 2.20. The fourth-order valence-electron chi connectivity index (χ4n) is 4.29. The fraction of sp³-hybridized carbons (Fsp3) is 0.500. The Bertz CT molecular complexity index is 866. The minimum Gasteiger partial charge on any atom is -0.351 e. The molecule has 0 atom stereocenters. The lowest BCUT2D eigenvalue weighted by molar-refractivity contribution is -0.383. The summed E-state index contributed by atoms with van der Waals surface area (Å²) in [5.74, 6) is 0.800. The number of fused-ring (bicyclic) bond motifs is 1. The summed E-state index contributed by atoms with van der Waals surface area (Å²) in [6.45, 7) is 2.69. The van der Waals surface area contributed by atoms with Crippen molar-refractivity contribution in [2.24, 2.45) is 0 Å². The maximum absolute atomic E-state index is 12.1. The van der Waals surface area contributed by atoms with E-state index >= 15 is 0 Å². The number of aromatic nitrogens is 2. The van der Waals surface area contributed by atoms with Gasteiger partial charge in [0.1, 0.15) is 6.33 Å². The van der Waals surface area contributed by atoms with Crippen molar-refractivity contribution < 1.29 is 4.92 Å². The van der Waals surface area contributed by atoms with Crippen LogP contribution in [0.2, 0.25) is 0 Å². The van der Waals surface area contributed by atoms with Gasteiger partial charge in [0.05, 0.1) is 4.92 Å². The minimum atomic E-state index is -0.326. The Labute approximate surface area is 164 Å². The predicted molar refractivity (Wildman–Crippen MR) is 109 cm³/mol. The van der Waals surface area contributed by atoms with Gasteiger partial charge in [0.25, 0.3) is 0 Å². The van der Waals surface area contributed by atoms with Crippen molar-refractivity contribution in [2.75, 3.05) is 43.5 Å². The number of aryl methyl sites for hydroxylation is 1. The summed E-state index contributed by atoms with van der Waals surface area (Å²) < 4.78 is 0. The molecule has 3 heterocycles. The first-order valence-electron chi connectivity index (χ1n) is 9.82. The van der Waals surface area contributed by atoms with E-state index in [0.717, 1.165) is 44.5 Å². The van der Waals surface area contributed by atoms with Crippen LogP contribution in [-0.4, -0.2) is 59.6 Å². The van der Waals surface area contributed by atoms with Crippen LogP contribution < -0.4 is 9.80 Å². The zero-order valence-electron chi connectivity index (χ0n) is 16.4. The molecule has 148 valence electrons. The third-order valence-electron chi connectivity index (χ3n) is 5.90. The SMILES string of the molecule is CN1CCC(N(C)c2ncnc(N3CCCc4ccccc43)c2[N+](=O)[O-])CC1. The molecular formula is C20H26N6O2. The minimum absolute atomic E-state index is 0.000584. The molecule has 0 saturated carbocycles. The van der Waals surface area contributed by atoms with Crippen molar-refractivity contribution in [3.8, 4) is 0 Å². The van der Waals surface area contributed by atoms with Crippen molar-refractivity contribution in [3.05, 3.63) is 46.3 Å². The van der Waals surface area contributed by atoms with Gasteiger partial charge in [0.2, 0.25) is 11.6 Å². The number of nitro groups is 1. The summed E-state index contributed by atoms with van der Waals surface area (Å²) in [5, 5.41) is 12.1. The van der Waals surface area contributed by atoms with E-state index in [1.807, 2.05) is 35.0 Å². The second kappa shape index (κ2) is 7.71. The Hall–Kier alpha value is -2.74. The number of anilines is 3. The fourth-order valence-corrected chi connectivity index (χ4v) is 4.29. The molecule has 0 amide bonds. The van der Waals surface area contributed by atoms with Crippen molar-refractivity contribution >= 4 is 23.0 Å². The van der Waals surface area contributed by atoms with Gasteiger partial charge in [0, 0.05) is 25.3 Å². The highest BCUT2D eigenvalue weighted by atomic mass is 16.6. The molecule has 1 aromatic carbocycles. The topological polar surface area (TPSA) is 78.6 Å². The molecule has 8 nitrogen and oxygen atoms in total. The zero-order chi connectivity index (χ0) is 19.7. The van der Waals surface area contributed by atoms with Gasteiger partial charge in [-0.25, -0.2) is 9.97 Å². The standard InChI is InChI=1S/C20H26N6O2/c1-23-12-9-16(10-13-23)24(2)19-18(26(27)28)20(22-14-21-19)25-11-5-7-15-6-3-4-8-17(15)25/h3-4,6,8,14,16H,5,7,9-13H2,1-2H3. The number of likely N-dealkylation sites (tertiary alicyclic amines) is 1. The van der Waals surface area contributed by atoms with E-state index in [2.05, 4.69) is 28.0 Å². The lowest BCUT2D eigenvalue weighted by atomic mass is 10.0. The van der Waals surface area contributed by atoms with Crippen molar-refractivity contribution in [1.82, 2.24) is 14.9 Å². The number of nitrogens with zero attached hydrogens (tertiary/aromatic N) is 6. The van der Waals surface area contributed by atoms with Crippen molar-refractivity contribution in [1.29, 1.82) is 0 Å². The molecule has 0 N–H and O–H groups in total. The summed E-state index contributed by atoms with van der Waals surface area (Å²) in [4.78, 5) is 26.7. The van der Waals surface area contributed by atoms with Gasteiger partial charge in [-0.1, -0.05) is 18.2 Å². The van der Waals surface area contributed by atoms with Gasteiger partial charge in [-0.15, -0.1) is 0 Å². The summed E-state index contributed by atoms with van der Waals surface area (Å²) in [7, 11) is 4.02. The van der Waals surface area contributed by atoms with E-state index in [1.54, 1.807) is 0 Å². The first-order chi connectivity index (χ1) is 13.6. The number of hydrogen-bond acceptors (Lipinski definition) is 7. The Kier molecular flexibility index (Phi) is 5.13. The Morgan fingerprint density at radius 3 is 2.68 bits per heavy atom. The highest BCUT2D eigenvalue weighted by molar-refractivity contribution is 5.77. The van der Waals surface area contributed by atoms with Gasteiger partial charge < -0.3 is 14.7 Å². The second-order valence-electron chi connectivity index (χ2n) is 7.66. The molecule has 0 unspecified atom stereocenters. The summed E-state index contributed by atoms with van der Waals surface area (Å²) in [6, 6.07) is 8.32. The molecule has 0 radical (unpaired) electrons. The number of rotatable bonds is 4. The van der Waals surface area contributed by atoms with Gasteiger partial charge >= 0.3 is 5.69 Å². The molecule has 1 saturated heterocycles. The van der Waals surface area contributed by atoms with Crippen LogP contribution in [-0.2, 0) is 6.42 Å². The van der Waals surface area contributed by atoms with E-state index in [9.17, 15) is 10.1 Å². The first kappa shape index (κ1) is 18.6. The monoisotopic (exact) mass is 382 g/mol. The molecule has 28 heavy (non-hydrogen) atoms. The van der Waals surface area contributed by atoms with Crippen LogP contribution in [0.1, 0.15) is 24.8 Å². The summed E-state index contributed by atoms with van der Waals surface area (Å²) >= 11 is 0. The number of hydrogen-bond donors (Lipinski definition) is 0. The van der Waals surface area contributed by atoms with Crippen LogP contribution in [0.25, 0.3) is 0 Å². The molecule has 0 spiro atoms. The van der Waals surface area contributed by atoms with Gasteiger partial charge in [-0.2, -0.15) is 0 Å². The second-order valence-corrected chi connectivity index (χ2v) is 7.66. The largest absolute Gasteiger partial charge is 0.353 e.